The second kappa shape index (κ2) is 43.0. The molecule has 0 rings (SSSR count). The van der Waals surface area contributed by atoms with Crippen molar-refractivity contribution in [1.29, 1.82) is 0 Å². The first-order valence-electron chi connectivity index (χ1n) is 4.70. The SMILES string of the molecule is CCOC(=O)/C=C/[CH][CH][CH][CH]CO.[C-]#[O+].[C-]#[O+].[C-]#[O+].[Fe]. The smallest absolute Gasteiger partial charge is 0 e. The first kappa shape index (κ1) is 31.3. The van der Waals surface area contributed by atoms with Crippen LogP contribution >= 0.6 is 0 Å². The van der Waals surface area contributed by atoms with E-state index in [0.29, 0.717) is 6.61 Å². The van der Waals surface area contributed by atoms with Gasteiger partial charge in [-0.3, -0.25) is 0 Å². The number of aliphatic hydroxyl groups is 1. The molecule has 0 aliphatic heterocycles. The first-order chi connectivity index (χ1) is 9.31. The molecular formula is C13H14FeO6. The monoisotopic (exact) mass is 322 g/mol. The fraction of sp³-hybridized carbons (Fsp3) is 0.231. The zero-order valence-electron chi connectivity index (χ0n) is 10.7. The van der Waals surface area contributed by atoms with Gasteiger partial charge in [-0.2, -0.15) is 0 Å². The molecule has 0 fully saturated rings. The van der Waals surface area contributed by atoms with Crippen molar-refractivity contribution in [1.82, 2.24) is 0 Å². The Morgan fingerprint density at radius 2 is 1.60 bits per heavy atom. The minimum Gasteiger partial charge on any atom is 0 e. The second-order valence-corrected chi connectivity index (χ2v) is 2.11. The topological polar surface area (TPSA) is 106 Å². The molecule has 0 aliphatic rings. The number of ether oxygens (including phenoxy) is 1. The fourth-order valence-corrected chi connectivity index (χ4v) is 0.592. The van der Waals surface area contributed by atoms with E-state index in [-0.39, 0.29) is 29.6 Å². The predicted molar refractivity (Wildman–Crippen MR) is 61.8 cm³/mol. The van der Waals surface area contributed by atoms with Crippen LogP contribution in [0.5, 0.6) is 0 Å². The summed E-state index contributed by atoms with van der Waals surface area (Å²) in [4.78, 5) is 10.7. The number of carbonyl (C=O) groups is 1. The normalized spacial score (nSPS) is 7.20. The van der Waals surface area contributed by atoms with E-state index < -0.39 is 0 Å². The average Bonchev–Trinajstić information content (AvgIpc) is 2.49. The molecule has 110 valence electrons. The number of hydrogen-bond acceptors (Lipinski definition) is 3. The Hall–Kier alpha value is -1.09. The molecule has 0 atom stereocenters. The van der Waals surface area contributed by atoms with Crippen LogP contribution in [0.4, 0.5) is 0 Å². The molecule has 0 aromatic heterocycles. The minimum absolute atomic E-state index is 0. The van der Waals surface area contributed by atoms with Crippen LogP contribution in [0.3, 0.4) is 0 Å². The van der Waals surface area contributed by atoms with E-state index in [1.807, 2.05) is 0 Å². The maximum absolute atomic E-state index is 10.7. The molecule has 1 N–H and O–H groups in total. The predicted octanol–water partition coefficient (Wildman–Crippen LogP) is 0.800. The summed E-state index contributed by atoms with van der Waals surface area (Å²) in [5, 5.41) is 8.37. The van der Waals surface area contributed by atoms with E-state index >= 15 is 0 Å². The number of unbranched alkanes of at least 4 members (excludes halogenated alkanes) is 3. The van der Waals surface area contributed by atoms with Gasteiger partial charge in [0.2, 0.25) is 0 Å². The van der Waals surface area contributed by atoms with Crippen molar-refractivity contribution in [2.45, 2.75) is 6.92 Å². The minimum atomic E-state index is -0.349. The zero-order chi connectivity index (χ0) is 15.9. The molecular weight excluding hydrogens is 308 g/mol. The molecule has 0 aromatic rings. The van der Waals surface area contributed by atoms with Crippen LogP contribution in [0.25, 0.3) is 0 Å². The van der Waals surface area contributed by atoms with Gasteiger partial charge in [0.15, 0.2) is 0 Å². The molecule has 20 heavy (non-hydrogen) atoms. The fourth-order valence-electron chi connectivity index (χ4n) is 0.592. The molecule has 0 spiro atoms. The van der Waals surface area contributed by atoms with Gasteiger partial charge in [0.05, 0.1) is 6.61 Å². The average molecular weight is 322 g/mol. The van der Waals surface area contributed by atoms with Crippen LogP contribution in [0.15, 0.2) is 12.2 Å². The summed E-state index contributed by atoms with van der Waals surface area (Å²) in [6, 6.07) is 0. The molecule has 0 amide bonds. The van der Waals surface area contributed by atoms with E-state index in [0.717, 1.165) is 0 Å². The van der Waals surface area contributed by atoms with Gasteiger partial charge >= 0.3 is 39.9 Å². The first-order valence-corrected chi connectivity index (χ1v) is 4.70. The molecule has 0 aromatic carbocycles. The van der Waals surface area contributed by atoms with Crippen molar-refractivity contribution < 1.29 is 45.7 Å². The number of esters is 1. The summed E-state index contributed by atoms with van der Waals surface area (Å²) in [5.41, 5.74) is 0. The number of hydrogen-bond donors (Lipinski definition) is 1. The molecule has 0 heterocycles. The summed E-state index contributed by atoms with van der Waals surface area (Å²) in [7, 11) is 0. The third kappa shape index (κ3) is 43.6. The Labute approximate surface area is 130 Å². The van der Waals surface area contributed by atoms with Gasteiger partial charge in [0.1, 0.15) is 0 Å². The van der Waals surface area contributed by atoms with Gasteiger partial charge in [0, 0.05) is 29.8 Å². The Balaban J connectivity index is -0.0000000940. The van der Waals surface area contributed by atoms with Gasteiger partial charge in [-0.15, -0.1) is 0 Å². The Kier molecular flexibility index (Phi) is 67.4. The van der Waals surface area contributed by atoms with Crippen molar-refractivity contribution in [3.05, 3.63) is 57.8 Å². The maximum Gasteiger partial charge on any atom is 0 e. The van der Waals surface area contributed by atoms with Gasteiger partial charge in [0.25, 0.3) is 0 Å². The number of rotatable bonds is 7. The standard InChI is InChI=1S/C10H14O3.3CO.Fe/c1-2-13-10(12)8-6-4-3-5-7-9-11;3*1-2;/h3-8,11H,2,9H2,1H3;;;;/b8-6+;;;;. The maximum atomic E-state index is 10.7. The van der Waals surface area contributed by atoms with E-state index in [4.69, 9.17) is 19.1 Å². The van der Waals surface area contributed by atoms with Crippen molar-refractivity contribution in [2.75, 3.05) is 13.2 Å². The molecule has 0 bridgehead atoms. The molecule has 0 saturated heterocycles. The summed E-state index contributed by atoms with van der Waals surface area (Å²) in [6.45, 7) is 15.7. The van der Waals surface area contributed by atoms with Crippen LogP contribution < -0.4 is 0 Å². The van der Waals surface area contributed by atoms with Crippen LogP contribution in [-0.4, -0.2) is 24.3 Å². The third-order valence-corrected chi connectivity index (χ3v) is 1.09. The Bertz CT molecular complexity index is 243. The van der Waals surface area contributed by atoms with Gasteiger partial charge in [-0.25, -0.2) is 4.79 Å². The largest absolute Gasteiger partial charge is 0 e. The van der Waals surface area contributed by atoms with Gasteiger partial charge < -0.3 is 9.84 Å². The molecule has 7 heteroatoms. The van der Waals surface area contributed by atoms with Crippen LogP contribution in [0.1, 0.15) is 6.92 Å². The summed E-state index contributed by atoms with van der Waals surface area (Å²) >= 11 is 0. The number of aliphatic hydroxyl groups excluding tert-OH is 1. The molecule has 6 nitrogen and oxygen atoms in total. The third-order valence-electron chi connectivity index (χ3n) is 1.09. The van der Waals surface area contributed by atoms with Crippen LogP contribution in [0, 0.1) is 45.6 Å². The molecule has 0 saturated carbocycles. The Morgan fingerprint density at radius 3 is 2.00 bits per heavy atom. The molecule has 0 unspecified atom stereocenters. The summed E-state index contributed by atoms with van der Waals surface area (Å²) in [5.74, 6) is -0.349. The quantitative estimate of drug-likeness (QED) is 0.187. The number of allylic oxidation sites excluding steroid dienone is 1. The van der Waals surface area contributed by atoms with E-state index in [1.165, 1.54) is 6.08 Å². The van der Waals surface area contributed by atoms with Crippen molar-refractivity contribution >= 4 is 5.97 Å². The summed E-state index contributed by atoms with van der Waals surface area (Å²) in [6.07, 6.45) is 9.60. The zero-order valence-corrected chi connectivity index (χ0v) is 11.8. The van der Waals surface area contributed by atoms with E-state index in [1.54, 1.807) is 38.7 Å². The van der Waals surface area contributed by atoms with Crippen molar-refractivity contribution in [3.63, 3.8) is 0 Å². The number of carbonyl (C=O) groups excluding carboxylic acids is 1. The van der Waals surface area contributed by atoms with Crippen molar-refractivity contribution in [3.8, 4) is 0 Å². The Morgan fingerprint density at radius 1 is 1.10 bits per heavy atom. The van der Waals surface area contributed by atoms with E-state index in [2.05, 4.69) is 24.7 Å². The van der Waals surface area contributed by atoms with Gasteiger partial charge in [-0.05, 0) is 32.6 Å². The van der Waals surface area contributed by atoms with Crippen LogP contribution in [-0.2, 0) is 40.6 Å². The molecule has 0 aliphatic carbocycles. The summed E-state index contributed by atoms with van der Waals surface area (Å²) < 4.78 is 27.2. The second-order valence-electron chi connectivity index (χ2n) is 2.11. The van der Waals surface area contributed by atoms with Gasteiger partial charge in [-0.1, -0.05) is 6.08 Å². The van der Waals surface area contributed by atoms with Crippen molar-refractivity contribution in [2.24, 2.45) is 0 Å². The molecule has 4 radical (unpaired) electrons. The van der Waals surface area contributed by atoms with E-state index in [9.17, 15) is 4.79 Å². The van der Waals surface area contributed by atoms with Crippen LogP contribution in [0.2, 0.25) is 0 Å².